The Morgan fingerprint density at radius 3 is 2.67 bits per heavy atom. The Hall–Kier alpha value is -0.740. The predicted octanol–water partition coefficient (Wildman–Crippen LogP) is 3.75. The molecule has 0 bridgehead atoms. The third-order valence-electron chi connectivity index (χ3n) is 2.63. The lowest BCUT2D eigenvalue weighted by Gasteiger charge is -2.16. The number of rotatable bonds is 8. The fourth-order valence-electron chi connectivity index (χ4n) is 1.65. The third-order valence-corrected chi connectivity index (χ3v) is 3.08. The van der Waals surface area contributed by atoms with Crippen molar-refractivity contribution >= 4 is 15.9 Å². The summed E-state index contributed by atoms with van der Waals surface area (Å²) in [6.07, 6.45) is 2.18. The number of hydrogen-bond donors (Lipinski definition) is 1. The lowest BCUT2D eigenvalue weighted by atomic mass is 10.2. The van der Waals surface area contributed by atoms with Gasteiger partial charge in [0.1, 0.15) is 0 Å². The monoisotopic (exact) mass is 315 g/mol. The number of halogens is 1. The molecule has 3 nitrogen and oxygen atoms in total. The smallest absolute Gasteiger partial charge is 0.165 e. The van der Waals surface area contributed by atoms with Crippen molar-refractivity contribution in [3.63, 3.8) is 0 Å². The first-order valence-electron chi connectivity index (χ1n) is 6.42. The Balaban J connectivity index is 2.92. The molecule has 0 heterocycles. The molecule has 4 heteroatoms. The highest BCUT2D eigenvalue weighted by molar-refractivity contribution is 9.10. The number of nitrogens with one attached hydrogen (secondary N) is 1. The van der Waals surface area contributed by atoms with E-state index in [-0.39, 0.29) is 0 Å². The predicted molar refractivity (Wildman–Crippen MR) is 78.5 cm³/mol. The van der Waals surface area contributed by atoms with Crippen LogP contribution in [0.3, 0.4) is 0 Å². The van der Waals surface area contributed by atoms with Crippen LogP contribution >= 0.6 is 15.9 Å². The molecule has 1 rings (SSSR count). The van der Waals surface area contributed by atoms with Crippen molar-refractivity contribution in [3.8, 4) is 11.5 Å². The molecule has 102 valence electrons. The second-order valence-electron chi connectivity index (χ2n) is 4.08. The molecule has 1 aromatic rings. The lowest BCUT2D eigenvalue weighted by molar-refractivity contribution is 0.284. The topological polar surface area (TPSA) is 30.5 Å². The summed E-state index contributed by atoms with van der Waals surface area (Å²) in [4.78, 5) is 0. The largest absolute Gasteiger partial charge is 0.493 e. The number of hydrogen-bond acceptors (Lipinski definition) is 3. The molecule has 0 spiro atoms. The zero-order chi connectivity index (χ0) is 13.4. The van der Waals surface area contributed by atoms with Crippen molar-refractivity contribution in [3.05, 3.63) is 22.2 Å². The average molecular weight is 316 g/mol. The highest BCUT2D eigenvalue weighted by Gasteiger charge is 2.12. The number of methoxy groups -OCH3 is 1. The molecule has 0 fully saturated rings. The normalized spacial score (nSPS) is 10.4. The molecule has 0 aliphatic rings. The molecular weight excluding hydrogens is 294 g/mol. The van der Waals surface area contributed by atoms with Crippen LogP contribution in [0, 0.1) is 0 Å². The van der Waals surface area contributed by atoms with E-state index in [1.807, 2.05) is 6.07 Å². The molecule has 1 aromatic carbocycles. The first-order chi connectivity index (χ1) is 8.72. The molecule has 0 unspecified atom stereocenters. The van der Waals surface area contributed by atoms with Crippen molar-refractivity contribution < 1.29 is 9.47 Å². The Labute approximate surface area is 118 Å². The summed E-state index contributed by atoms with van der Waals surface area (Å²) in [5, 5.41) is 3.32. The number of ether oxygens (including phenoxy) is 2. The molecule has 0 aliphatic carbocycles. The van der Waals surface area contributed by atoms with Crippen molar-refractivity contribution in [2.75, 3.05) is 20.3 Å². The van der Waals surface area contributed by atoms with Gasteiger partial charge < -0.3 is 14.8 Å². The summed E-state index contributed by atoms with van der Waals surface area (Å²) in [7, 11) is 1.67. The van der Waals surface area contributed by atoms with E-state index in [0.717, 1.165) is 54.1 Å². The van der Waals surface area contributed by atoms with Crippen LogP contribution in [0.25, 0.3) is 0 Å². The molecule has 0 saturated carbocycles. The first kappa shape index (κ1) is 15.3. The van der Waals surface area contributed by atoms with E-state index in [9.17, 15) is 0 Å². The SMILES string of the molecule is CCCCOc1c(CNCC)cc(Br)cc1OC. The fraction of sp³-hybridized carbons (Fsp3) is 0.571. The van der Waals surface area contributed by atoms with E-state index in [1.165, 1.54) is 0 Å². The van der Waals surface area contributed by atoms with Gasteiger partial charge in [0.05, 0.1) is 13.7 Å². The zero-order valence-electron chi connectivity index (χ0n) is 11.4. The van der Waals surface area contributed by atoms with Gasteiger partial charge >= 0.3 is 0 Å². The van der Waals surface area contributed by atoms with Gasteiger partial charge in [-0.25, -0.2) is 0 Å². The van der Waals surface area contributed by atoms with Gasteiger partial charge in [0.2, 0.25) is 0 Å². The maximum atomic E-state index is 5.87. The van der Waals surface area contributed by atoms with Crippen LogP contribution in [-0.4, -0.2) is 20.3 Å². The summed E-state index contributed by atoms with van der Waals surface area (Å²) in [6, 6.07) is 4.02. The van der Waals surface area contributed by atoms with Crippen LogP contribution in [0.5, 0.6) is 11.5 Å². The Morgan fingerprint density at radius 1 is 1.28 bits per heavy atom. The summed E-state index contributed by atoms with van der Waals surface area (Å²) in [6.45, 7) is 6.69. The average Bonchev–Trinajstić information content (AvgIpc) is 2.37. The quantitative estimate of drug-likeness (QED) is 0.741. The molecule has 1 N–H and O–H groups in total. The van der Waals surface area contributed by atoms with Crippen molar-refractivity contribution in [2.24, 2.45) is 0 Å². The van der Waals surface area contributed by atoms with Crippen LogP contribution < -0.4 is 14.8 Å². The Kier molecular flexibility index (Phi) is 7.13. The van der Waals surface area contributed by atoms with E-state index in [2.05, 4.69) is 41.2 Å². The molecule has 18 heavy (non-hydrogen) atoms. The van der Waals surface area contributed by atoms with Gasteiger partial charge in [-0.15, -0.1) is 0 Å². The summed E-state index contributed by atoms with van der Waals surface area (Å²) >= 11 is 3.50. The van der Waals surface area contributed by atoms with Gasteiger partial charge in [-0.1, -0.05) is 36.2 Å². The lowest BCUT2D eigenvalue weighted by Crippen LogP contribution is -2.13. The van der Waals surface area contributed by atoms with Crippen molar-refractivity contribution in [1.82, 2.24) is 5.32 Å². The van der Waals surface area contributed by atoms with Gasteiger partial charge in [-0.05, 0) is 25.1 Å². The van der Waals surface area contributed by atoms with Crippen molar-refractivity contribution in [1.29, 1.82) is 0 Å². The third kappa shape index (κ3) is 4.50. The molecule has 0 aromatic heterocycles. The minimum atomic E-state index is 0.730. The van der Waals surface area contributed by atoms with E-state index in [0.29, 0.717) is 0 Å². The van der Waals surface area contributed by atoms with Crippen LogP contribution in [-0.2, 0) is 6.54 Å². The molecule has 0 amide bonds. The minimum Gasteiger partial charge on any atom is -0.493 e. The van der Waals surface area contributed by atoms with Crippen LogP contribution in [0.15, 0.2) is 16.6 Å². The van der Waals surface area contributed by atoms with Gasteiger partial charge in [0, 0.05) is 16.6 Å². The second-order valence-corrected chi connectivity index (χ2v) is 4.99. The first-order valence-corrected chi connectivity index (χ1v) is 7.22. The number of unbranched alkanes of at least 4 members (excludes halogenated alkanes) is 1. The Bertz CT molecular complexity index is 369. The number of benzene rings is 1. The van der Waals surface area contributed by atoms with E-state index >= 15 is 0 Å². The molecule has 0 aliphatic heterocycles. The van der Waals surface area contributed by atoms with Gasteiger partial charge in [-0.2, -0.15) is 0 Å². The maximum Gasteiger partial charge on any atom is 0.165 e. The molecular formula is C14H22BrNO2. The standard InChI is InChI=1S/C14H22BrNO2/c1-4-6-7-18-14-11(10-16-5-2)8-12(15)9-13(14)17-3/h8-9,16H,4-7,10H2,1-3H3. The maximum absolute atomic E-state index is 5.87. The van der Waals surface area contributed by atoms with E-state index in [1.54, 1.807) is 7.11 Å². The van der Waals surface area contributed by atoms with Crippen LogP contribution in [0.2, 0.25) is 0 Å². The summed E-state index contributed by atoms with van der Waals surface area (Å²) in [5.41, 5.74) is 1.12. The highest BCUT2D eigenvalue weighted by atomic mass is 79.9. The van der Waals surface area contributed by atoms with E-state index < -0.39 is 0 Å². The summed E-state index contributed by atoms with van der Waals surface area (Å²) in [5.74, 6) is 1.64. The zero-order valence-corrected chi connectivity index (χ0v) is 13.0. The van der Waals surface area contributed by atoms with Crippen LogP contribution in [0.4, 0.5) is 0 Å². The second kappa shape index (κ2) is 8.38. The van der Waals surface area contributed by atoms with Gasteiger partial charge in [0.25, 0.3) is 0 Å². The fourth-order valence-corrected chi connectivity index (χ4v) is 2.13. The van der Waals surface area contributed by atoms with E-state index in [4.69, 9.17) is 9.47 Å². The minimum absolute atomic E-state index is 0.730. The molecule has 0 atom stereocenters. The summed E-state index contributed by atoms with van der Waals surface area (Å²) < 4.78 is 12.3. The molecule has 0 radical (unpaired) electrons. The van der Waals surface area contributed by atoms with Crippen molar-refractivity contribution in [2.45, 2.75) is 33.2 Å². The Morgan fingerprint density at radius 2 is 2.06 bits per heavy atom. The molecule has 0 saturated heterocycles. The van der Waals surface area contributed by atoms with Crippen LogP contribution in [0.1, 0.15) is 32.3 Å². The van der Waals surface area contributed by atoms with Gasteiger partial charge in [0.15, 0.2) is 11.5 Å². The highest BCUT2D eigenvalue weighted by Crippen LogP contribution is 2.35. The van der Waals surface area contributed by atoms with Gasteiger partial charge in [-0.3, -0.25) is 0 Å².